The third-order valence-electron chi connectivity index (χ3n) is 5.80. The van der Waals surface area contributed by atoms with Gasteiger partial charge in [-0.25, -0.2) is 4.98 Å². The number of hydrogen-bond donors (Lipinski definition) is 1. The molecule has 4 rings (SSSR count). The number of aryl methyl sites for hydroxylation is 2. The van der Waals surface area contributed by atoms with E-state index in [1.165, 1.54) is 11.1 Å². The molecule has 0 aliphatic rings. The van der Waals surface area contributed by atoms with Crippen LogP contribution in [-0.2, 0) is 13.2 Å². The zero-order chi connectivity index (χ0) is 23.4. The van der Waals surface area contributed by atoms with Crippen molar-refractivity contribution >= 4 is 11.0 Å². The zero-order valence-corrected chi connectivity index (χ0v) is 19.8. The highest BCUT2D eigenvalue weighted by Gasteiger charge is 2.16. The Labute approximate surface area is 195 Å². The highest BCUT2D eigenvalue weighted by molar-refractivity contribution is 5.75. The van der Waals surface area contributed by atoms with Crippen molar-refractivity contribution in [1.82, 2.24) is 9.55 Å². The largest absolute Gasteiger partial charge is 0.491 e. The van der Waals surface area contributed by atoms with Crippen LogP contribution in [0.5, 0.6) is 11.5 Å². The first-order chi connectivity index (χ1) is 15.9. The van der Waals surface area contributed by atoms with Gasteiger partial charge in [-0.05, 0) is 61.2 Å². The number of ether oxygens (including phenoxy) is 2. The number of para-hydroxylation sites is 2. The summed E-state index contributed by atoms with van der Waals surface area (Å²) in [4.78, 5) is 4.76. The molecule has 0 aliphatic heterocycles. The van der Waals surface area contributed by atoms with Gasteiger partial charge < -0.3 is 19.1 Å². The third kappa shape index (κ3) is 5.55. The quantitative estimate of drug-likeness (QED) is 0.355. The van der Waals surface area contributed by atoms with Gasteiger partial charge in [0.25, 0.3) is 0 Å². The molecular formula is C28H32N2O3. The fourth-order valence-electron chi connectivity index (χ4n) is 3.95. The van der Waals surface area contributed by atoms with Crippen LogP contribution in [0.1, 0.15) is 42.3 Å². The number of aromatic nitrogens is 2. The lowest BCUT2D eigenvalue weighted by Gasteiger charge is -2.17. The Bertz CT molecular complexity index is 1210. The van der Waals surface area contributed by atoms with Crippen molar-refractivity contribution in [3.05, 3.63) is 89.2 Å². The summed E-state index contributed by atoms with van der Waals surface area (Å²) in [5.41, 5.74) is 5.41. The Hall–Kier alpha value is -3.31. The van der Waals surface area contributed by atoms with E-state index in [1.807, 2.05) is 60.0 Å². The summed E-state index contributed by atoms with van der Waals surface area (Å²) in [6, 6.07) is 22.1. The summed E-state index contributed by atoms with van der Waals surface area (Å²) in [6.07, 6.45) is -0.688. The van der Waals surface area contributed by atoms with Crippen LogP contribution in [0.4, 0.5) is 0 Å². The Morgan fingerprint density at radius 1 is 0.939 bits per heavy atom. The maximum Gasteiger partial charge on any atom is 0.148 e. The molecule has 0 radical (unpaired) electrons. The molecule has 0 saturated heterocycles. The lowest BCUT2D eigenvalue weighted by Crippen LogP contribution is -2.25. The van der Waals surface area contributed by atoms with Gasteiger partial charge in [0.15, 0.2) is 0 Å². The summed E-state index contributed by atoms with van der Waals surface area (Å²) >= 11 is 0. The summed E-state index contributed by atoms with van der Waals surface area (Å²) in [5, 5.41) is 10.8. The molecule has 0 amide bonds. The molecule has 5 heteroatoms. The standard InChI is InChI=1S/C28H32N2O3/c1-19(2)22-10-12-24(13-11-22)32-17-23(31)16-30-26-8-6-5-7-25(26)29-28(30)18-33-27-14-9-20(3)15-21(27)4/h5-15,19,23,31H,16-18H2,1-4H3. The minimum absolute atomic E-state index is 0.199. The fraction of sp³-hybridized carbons (Fsp3) is 0.321. The minimum atomic E-state index is -0.688. The second-order valence-electron chi connectivity index (χ2n) is 8.87. The first-order valence-electron chi connectivity index (χ1n) is 11.5. The van der Waals surface area contributed by atoms with Crippen LogP contribution in [0.2, 0.25) is 0 Å². The monoisotopic (exact) mass is 444 g/mol. The van der Waals surface area contributed by atoms with E-state index in [9.17, 15) is 5.11 Å². The van der Waals surface area contributed by atoms with E-state index in [0.29, 0.717) is 19.1 Å². The van der Waals surface area contributed by atoms with E-state index in [2.05, 4.69) is 39.0 Å². The number of hydrogen-bond acceptors (Lipinski definition) is 4. The molecule has 0 bridgehead atoms. The lowest BCUT2D eigenvalue weighted by atomic mass is 10.0. The van der Waals surface area contributed by atoms with Gasteiger partial charge in [0.2, 0.25) is 0 Å². The van der Waals surface area contributed by atoms with Gasteiger partial charge in [-0.15, -0.1) is 0 Å². The summed E-state index contributed by atoms with van der Waals surface area (Å²) in [7, 11) is 0. The van der Waals surface area contributed by atoms with Gasteiger partial charge in [-0.3, -0.25) is 0 Å². The topological polar surface area (TPSA) is 56.5 Å². The van der Waals surface area contributed by atoms with Crippen molar-refractivity contribution in [3.8, 4) is 11.5 Å². The first kappa shape index (κ1) is 22.9. The first-order valence-corrected chi connectivity index (χ1v) is 11.5. The van der Waals surface area contributed by atoms with Crippen LogP contribution in [-0.4, -0.2) is 27.4 Å². The average molecular weight is 445 g/mol. The van der Waals surface area contributed by atoms with E-state index < -0.39 is 6.10 Å². The van der Waals surface area contributed by atoms with E-state index in [0.717, 1.165) is 33.9 Å². The van der Waals surface area contributed by atoms with Gasteiger partial charge >= 0.3 is 0 Å². The van der Waals surface area contributed by atoms with Gasteiger partial charge in [0.1, 0.15) is 36.6 Å². The van der Waals surface area contributed by atoms with Gasteiger partial charge in [0, 0.05) is 0 Å². The SMILES string of the molecule is Cc1ccc(OCc2nc3ccccc3n2CC(O)COc2ccc(C(C)C)cc2)c(C)c1. The number of fused-ring (bicyclic) bond motifs is 1. The molecule has 172 valence electrons. The van der Waals surface area contributed by atoms with Crippen LogP contribution in [0, 0.1) is 13.8 Å². The summed E-state index contributed by atoms with van der Waals surface area (Å²) < 4.78 is 14.0. The highest BCUT2D eigenvalue weighted by atomic mass is 16.5. The predicted octanol–water partition coefficient (Wildman–Crippen LogP) is 5.80. The third-order valence-corrected chi connectivity index (χ3v) is 5.80. The van der Waals surface area contributed by atoms with E-state index in [4.69, 9.17) is 14.5 Å². The van der Waals surface area contributed by atoms with E-state index >= 15 is 0 Å². The molecule has 4 aromatic rings. The van der Waals surface area contributed by atoms with Crippen LogP contribution >= 0.6 is 0 Å². The van der Waals surface area contributed by atoms with Gasteiger partial charge in [-0.2, -0.15) is 0 Å². The van der Waals surface area contributed by atoms with Crippen LogP contribution < -0.4 is 9.47 Å². The maximum atomic E-state index is 10.8. The van der Waals surface area contributed by atoms with Crippen molar-refractivity contribution in [1.29, 1.82) is 0 Å². The lowest BCUT2D eigenvalue weighted by molar-refractivity contribution is 0.0917. The number of nitrogens with zero attached hydrogens (tertiary/aromatic N) is 2. The molecule has 1 atom stereocenters. The van der Waals surface area contributed by atoms with Crippen molar-refractivity contribution in [3.63, 3.8) is 0 Å². The van der Waals surface area contributed by atoms with E-state index in [-0.39, 0.29) is 6.61 Å². The number of aliphatic hydroxyl groups excluding tert-OH is 1. The van der Waals surface area contributed by atoms with E-state index in [1.54, 1.807) is 0 Å². The molecule has 0 spiro atoms. The van der Waals surface area contributed by atoms with Crippen molar-refractivity contribution < 1.29 is 14.6 Å². The van der Waals surface area contributed by atoms with Crippen LogP contribution in [0.3, 0.4) is 0 Å². The fourth-order valence-corrected chi connectivity index (χ4v) is 3.95. The zero-order valence-electron chi connectivity index (χ0n) is 19.8. The molecule has 0 fully saturated rings. The van der Waals surface area contributed by atoms with Gasteiger partial charge in [0.05, 0.1) is 17.6 Å². The normalized spacial score (nSPS) is 12.3. The van der Waals surface area contributed by atoms with Crippen molar-refractivity contribution in [2.45, 2.75) is 52.9 Å². The minimum Gasteiger partial charge on any atom is -0.491 e. The van der Waals surface area contributed by atoms with Crippen LogP contribution in [0.25, 0.3) is 11.0 Å². The molecule has 1 N–H and O–H groups in total. The molecular weight excluding hydrogens is 412 g/mol. The molecule has 1 unspecified atom stereocenters. The average Bonchev–Trinajstić information content (AvgIpc) is 3.14. The Morgan fingerprint density at radius 3 is 2.42 bits per heavy atom. The Kier molecular flexibility index (Phi) is 6.99. The number of benzene rings is 3. The number of rotatable bonds is 9. The highest BCUT2D eigenvalue weighted by Crippen LogP contribution is 2.23. The van der Waals surface area contributed by atoms with Gasteiger partial charge in [-0.1, -0.05) is 55.8 Å². The van der Waals surface area contributed by atoms with Crippen molar-refractivity contribution in [2.75, 3.05) is 6.61 Å². The molecule has 33 heavy (non-hydrogen) atoms. The Morgan fingerprint density at radius 2 is 1.70 bits per heavy atom. The second-order valence-corrected chi connectivity index (χ2v) is 8.87. The molecule has 1 aromatic heterocycles. The molecule has 0 saturated carbocycles. The van der Waals surface area contributed by atoms with Crippen LogP contribution in [0.15, 0.2) is 66.7 Å². The molecule has 5 nitrogen and oxygen atoms in total. The maximum absolute atomic E-state index is 10.8. The number of imidazole rings is 1. The second kappa shape index (κ2) is 10.1. The summed E-state index contributed by atoms with van der Waals surface area (Å²) in [5.74, 6) is 2.85. The Balaban J connectivity index is 1.46. The molecule has 3 aromatic carbocycles. The molecule has 0 aliphatic carbocycles. The molecule has 1 heterocycles. The predicted molar refractivity (Wildman–Crippen MR) is 132 cm³/mol. The smallest absolute Gasteiger partial charge is 0.148 e. The number of aliphatic hydroxyl groups is 1. The van der Waals surface area contributed by atoms with Crippen molar-refractivity contribution in [2.24, 2.45) is 0 Å². The summed E-state index contributed by atoms with van der Waals surface area (Å²) in [6.45, 7) is 9.33.